The third-order valence-electron chi connectivity index (χ3n) is 2.41. The van der Waals surface area contributed by atoms with Gasteiger partial charge in [0, 0.05) is 6.54 Å². The number of rotatable bonds is 6. The summed E-state index contributed by atoms with van der Waals surface area (Å²) in [6.07, 6.45) is 0.839. The molecule has 0 saturated heterocycles. The maximum atomic E-state index is 11.3. The molecule has 0 atom stereocenters. The van der Waals surface area contributed by atoms with Crippen LogP contribution in [0.3, 0.4) is 0 Å². The first kappa shape index (κ1) is 14.0. The number of hydrogen-bond donors (Lipinski definition) is 3. The van der Waals surface area contributed by atoms with Gasteiger partial charge in [0.05, 0.1) is 17.9 Å². The summed E-state index contributed by atoms with van der Waals surface area (Å²) >= 11 is 0. The maximum Gasteiger partial charge on any atom is 0.323 e. The molecule has 0 unspecified atom stereocenters. The molecule has 0 radical (unpaired) electrons. The van der Waals surface area contributed by atoms with Crippen molar-refractivity contribution in [3.63, 3.8) is 0 Å². The molecule has 1 aromatic heterocycles. The van der Waals surface area contributed by atoms with Crippen LogP contribution in [-0.4, -0.2) is 33.4 Å². The number of nitrogens with one attached hydrogen (secondary N) is 2. The summed E-state index contributed by atoms with van der Waals surface area (Å²) in [6, 6.07) is 1.43. The number of aliphatic carboxylic acids is 1. The molecule has 0 aromatic carbocycles. The number of amides is 2. The van der Waals surface area contributed by atoms with E-state index in [1.165, 1.54) is 0 Å². The van der Waals surface area contributed by atoms with Crippen molar-refractivity contribution in [2.24, 2.45) is 0 Å². The zero-order valence-electron chi connectivity index (χ0n) is 10.6. The van der Waals surface area contributed by atoms with Crippen molar-refractivity contribution in [3.8, 4) is 0 Å². The molecule has 0 fully saturated rings. The second-order valence-electron chi connectivity index (χ2n) is 3.73. The number of hydrogen-bond acceptors (Lipinski definition) is 3. The Morgan fingerprint density at radius 3 is 2.67 bits per heavy atom. The van der Waals surface area contributed by atoms with Gasteiger partial charge in [-0.3, -0.25) is 9.48 Å². The molecule has 1 rings (SSSR count). The van der Waals surface area contributed by atoms with Gasteiger partial charge in [0.25, 0.3) is 0 Å². The average molecular weight is 254 g/mol. The summed E-state index contributed by atoms with van der Waals surface area (Å²) < 4.78 is 1.82. The Kier molecular flexibility index (Phi) is 5.16. The first-order chi connectivity index (χ1) is 8.56. The van der Waals surface area contributed by atoms with Gasteiger partial charge < -0.3 is 15.7 Å². The van der Waals surface area contributed by atoms with Gasteiger partial charge in [-0.25, -0.2) is 4.79 Å². The Balaban J connectivity index is 2.49. The zero-order chi connectivity index (χ0) is 13.5. The molecule has 0 aliphatic carbocycles. The fourth-order valence-corrected chi connectivity index (χ4v) is 1.49. The Hall–Kier alpha value is -2.05. The minimum Gasteiger partial charge on any atom is -0.480 e. The van der Waals surface area contributed by atoms with Crippen LogP contribution >= 0.6 is 0 Å². The van der Waals surface area contributed by atoms with Crippen molar-refractivity contribution >= 4 is 12.0 Å². The van der Waals surface area contributed by atoms with E-state index in [-0.39, 0.29) is 6.54 Å². The molecule has 3 N–H and O–H groups in total. The maximum absolute atomic E-state index is 11.3. The minimum atomic E-state index is -1.07. The molecule has 0 aliphatic heterocycles. The molecular formula is C11H18N4O3. The van der Waals surface area contributed by atoms with Gasteiger partial charge in [0.2, 0.25) is 0 Å². The fourth-order valence-electron chi connectivity index (χ4n) is 1.49. The second kappa shape index (κ2) is 6.63. The normalized spacial score (nSPS) is 10.1. The molecule has 100 valence electrons. The van der Waals surface area contributed by atoms with Crippen LogP contribution in [0.5, 0.6) is 0 Å². The van der Waals surface area contributed by atoms with Crippen LogP contribution in [0.1, 0.15) is 25.2 Å². The number of urea groups is 1. The molecule has 1 aromatic rings. The topological polar surface area (TPSA) is 96.3 Å². The molecule has 1 heterocycles. The Labute approximate surface area is 105 Å². The van der Waals surface area contributed by atoms with Crippen molar-refractivity contribution in [1.82, 2.24) is 20.4 Å². The van der Waals surface area contributed by atoms with Crippen LogP contribution < -0.4 is 10.6 Å². The highest BCUT2D eigenvalue weighted by molar-refractivity contribution is 5.79. The van der Waals surface area contributed by atoms with E-state index in [0.29, 0.717) is 6.54 Å². The smallest absolute Gasteiger partial charge is 0.323 e. The number of carbonyl (C=O) groups excluding carboxylic acids is 1. The van der Waals surface area contributed by atoms with Crippen molar-refractivity contribution in [2.45, 2.75) is 33.4 Å². The lowest BCUT2D eigenvalue weighted by Crippen LogP contribution is -2.38. The van der Waals surface area contributed by atoms with Gasteiger partial charge in [-0.2, -0.15) is 5.10 Å². The van der Waals surface area contributed by atoms with E-state index >= 15 is 0 Å². The number of carboxylic acid groups (broad SMARTS) is 1. The molecule has 2 amide bonds. The van der Waals surface area contributed by atoms with Crippen molar-refractivity contribution in [3.05, 3.63) is 17.5 Å². The third kappa shape index (κ3) is 4.08. The summed E-state index contributed by atoms with van der Waals surface area (Å²) in [4.78, 5) is 21.5. The highest BCUT2D eigenvalue weighted by Crippen LogP contribution is 2.05. The summed E-state index contributed by atoms with van der Waals surface area (Å²) in [5.74, 6) is -1.07. The third-order valence-corrected chi connectivity index (χ3v) is 2.41. The zero-order valence-corrected chi connectivity index (χ0v) is 10.6. The molecule has 0 bridgehead atoms. The highest BCUT2D eigenvalue weighted by Gasteiger charge is 2.07. The number of aromatic nitrogens is 2. The summed E-state index contributed by atoms with van der Waals surface area (Å²) in [7, 11) is 0. The van der Waals surface area contributed by atoms with E-state index in [2.05, 4.69) is 15.7 Å². The van der Waals surface area contributed by atoms with Crippen molar-refractivity contribution in [2.75, 3.05) is 6.54 Å². The largest absolute Gasteiger partial charge is 0.480 e. The minimum absolute atomic E-state index is 0.326. The van der Waals surface area contributed by atoms with Gasteiger partial charge in [0.15, 0.2) is 0 Å². The quantitative estimate of drug-likeness (QED) is 0.682. The van der Waals surface area contributed by atoms with Gasteiger partial charge >= 0.3 is 12.0 Å². The van der Waals surface area contributed by atoms with Crippen molar-refractivity contribution in [1.29, 1.82) is 0 Å². The number of carbonyl (C=O) groups is 2. The van der Waals surface area contributed by atoms with Crippen LogP contribution in [0.4, 0.5) is 4.79 Å². The van der Waals surface area contributed by atoms with E-state index in [1.807, 2.05) is 24.6 Å². The lowest BCUT2D eigenvalue weighted by Gasteiger charge is -2.07. The first-order valence-electron chi connectivity index (χ1n) is 5.85. The second-order valence-corrected chi connectivity index (χ2v) is 3.73. The van der Waals surface area contributed by atoms with Crippen LogP contribution in [0, 0.1) is 0 Å². The van der Waals surface area contributed by atoms with E-state index in [1.54, 1.807) is 0 Å². The van der Waals surface area contributed by atoms with Gasteiger partial charge in [-0.15, -0.1) is 0 Å². The monoisotopic (exact) mass is 254 g/mol. The first-order valence-corrected chi connectivity index (χ1v) is 5.85. The van der Waals surface area contributed by atoms with Gasteiger partial charge in [0.1, 0.15) is 6.54 Å². The number of nitrogens with zero attached hydrogens (tertiary/aromatic N) is 2. The van der Waals surface area contributed by atoms with Crippen molar-refractivity contribution < 1.29 is 14.7 Å². The number of aryl methyl sites for hydroxylation is 2. The standard InChI is InChI=1S/C11H18N4O3/c1-3-8-5-9(15(4-2)14-8)6-12-11(18)13-7-10(16)17/h5H,3-4,6-7H2,1-2H3,(H,16,17)(H2,12,13,18). The predicted molar refractivity (Wildman–Crippen MR) is 65.2 cm³/mol. The summed E-state index contributed by atoms with van der Waals surface area (Å²) in [5.41, 5.74) is 1.87. The summed E-state index contributed by atoms with van der Waals surface area (Å²) in [5, 5.41) is 17.6. The van der Waals surface area contributed by atoms with E-state index in [0.717, 1.165) is 24.4 Å². The lowest BCUT2D eigenvalue weighted by atomic mass is 10.3. The molecule has 0 saturated carbocycles. The Morgan fingerprint density at radius 2 is 2.11 bits per heavy atom. The summed E-state index contributed by atoms with van der Waals surface area (Å²) in [6.45, 7) is 4.65. The fraction of sp³-hybridized carbons (Fsp3) is 0.545. The average Bonchev–Trinajstić information content (AvgIpc) is 2.76. The van der Waals surface area contributed by atoms with E-state index in [9.17, 15) is 9.59 Å². The molecule has 0 aliphatic rings. The number of carboxylic acids is 1. The SMILES string of the molecule is CCc1cc(CNC(=O)NCC(=O)O)n(CC)n1. The van der Waals surface area contributed by atoms with E-state index < -0.39 is 12.0 Å². The van der Waals surface area contributed by atoms with Gasteiger partial charge in [-0.1, -0.05) is 6.92 Å². The van der Waals surface area contributed by atoms with Crippen LogP contribution in [0.15, 0.2) is 6.07 Å². The van der Waals surface area contributed by atoms with Gasteiger partial charge in [-0.05, 0) is 19.4 Å². The Bertz CT molecular complexity index is 428. The predicted octanol–water partition coefficient (Wildman–Crippen LogP) is 0.349. The Morgan fingerprint density at radius 1 is 1.39 bits per heavy atom. The van der Waals surface area contributed by atoms with Crippen LogP contribution in [0.2, 0.25) is 0 Å². The molecule has 0 spiro atoms. The van der Waals surface area contributed by atoms with Crippen LogP contribution in [-0.2, 0) is 24.3 Å². The highest BCUT2D eigenvalue weighted by atomic mass is 16.4. The van der Waals surface area contributed by atoms with Crippen LogP contribution in [0.25, 0.3) is 0 Å². The van der Waals surface area contributed by atoms with E-state index in [4.69, 9.17) is 5.11 Å². The lowest BCUT2D eigenvalue weighted by molar-refractivity contribution is -0.135. The molecular weight excluding hydrogens is 236 g/mol. The molecule has 7 nitrogen and oxygen atoms in total. The molecule has 7 heteroatoms. The molecule has 18 heavy (non-hydrogen) atoms.